The van der Waals surface area contributed by atoms with Crippen molar-refractivity contribution in [2.24, 2.45) is 5.92 Å². The third kappa shape index (κ3) is 6.04. The van der Waals surface area contributed by atoms with Gasteiger partial charge < -0.3 is 20.5 Å². The number of amides is 2. The van der Waals surface area contributed by atoms with Crippen LogP contribution in [0.3, 0.4) is 0 Å². The largest absolute Gasteiger partial charge is 0.497 e. The summed E-state index contributed by atoms with van der Waals surface area (Å²) >= 11 is 0. The van der Waals surface area contributed by atoms with E-state index in [1.165, 1.54) is 0 Å². The monoisotopic (exact) mass is 294 g/mol. The number of methoxy groups -OCH3 is 1. The van der Waals surface area contributed by atoms with Crippen molar-refractivity contribution in [3.05, 3.63) is 29.8 Å². The molecule has 2 amide bonds. The highest BCUT2D eigenvalue weighted by Gasteiger charge is 2.11. The molecule has 0 radical (unpaired) electrons. The normalized spacial score (nSPS) is 12.0. The molecule has 0 saturated carbocycles. The predicted molar refractivity (Wildman–Crippen MR) is 83.4 cm³/mol. The van der Waals surface area contributed by atoms with Gasteiger partial charge in [-0.1, -0.05) is 38.8 Å². The molecule has 1 rings (SSSR count). The van der Waals surface area contributed by atoms with E-state index in [4.69, 9.17) is 4.74 Å². The Bertz CT molecular complexity index is 433. The molecule has 0 spiro atoms. The lowest BCUT2D eigenvalue weighted by Gasteiger charge is -2.16. The summed E-state index contributed by atoms with van der Waals surface area (Å²) in [5.74, 6) is 1.18. The third-order valence-electron chi connectivity index (χ3n) is 3.64. The molecule has 5 heteroatoms. The van der Waals surface area contributed by atoms with Crippen LogP contribution in [0.2, 0.25) is 0 Å². The van der Waals surface area contributed by atoms with Gasteiger partial charge in [0.05, 0.1) is 13.2 Å². The van der Waals surface area contributed by atoms with Crippen LogP contribution in [0.4, 0.5) is 4.79 Å². The molecule has 3 N–H and O–H groups in total. The summed E-state index contributed by atoms with van der Waals surface area (Å²) in [6.07, 6.45) is 1.34. The Labute approximate surface area is 126 Å². The second kappa shape index (κ2) is 9.23. The van der Waals surface area contributed by atoms with E-state index in [1.54, 1.807) is 19.2 Å². The van der Waals surface area contributed by atoms with Gasteiger partial charge in [0.2, 0.25) is 0 Å². The minimum absolute atomic E-state index is 0.169. The number of aliphatic hydroxyl groups is 1. The maximum Gasteiger partial charge on any atom is 0.314 e. The first-order valence-electron chi connectivity index (χ1n) is 7.44. The van der Waals surface area contributed by atoms with Crippen molar-refractivity contribution >= 4 is 6.03 Å². The van der Waals surface area contributed by atoms with Crippen LogP contribution >= 0.6 is 0 Å². The number of rotatable bonds is 8. The van der Waals surface area contributed by atoms with Gasteiger partial charge in [0.15, 0.2) is 0 Å². The topological polar surface area (TPSA) is 70.6 Å². The van der Waals surface area contributed by atoms with Crippen LogP contribution in [0.25, 0.3) is 0 Å². The van der Waals surface area contributed by atoms with Gasteiger partial charge in [-0.3, -0.25) is 0 Å². The van der Waals surface area contributed by atoms with E-state index in [2.05, 4.69) is 24.5 Å². The van der Waals surface area contributed by atoms with Crippen molar-refractivity contribution in [3.8, 4) is 5.75 Å². The zero-order chi connectivity index (χ0) is 15.7. The molecular weight excluding hydrogens is 268 g/mol. The Balaban J connectivity index is 2.38. The van der Waals surface area contributed by atoms with Crippen LogP contribution in [-0.4, -0.2) is 31.3 Å². The predicted octanol–water partition coefficient (Wildman–Crippen LogP) is 2.46. The Hall–Kier alpha value is -1.75. The minimum Gasteiger partial charge on any atom is -0.497 e. The summed E-state index contributed by atoms with van der Waals surface area (Å²) in [5, 5.41) is 15.6. The lowest BCUT2D eigenvalue weighted by atomic mass is 10.0. The van der Waals surface area contributed by atoms with E-state index in [9.17, 15) is 9.90 Å². The highest BCUT2D eigenvalue weighted by molar-refractivity contribution is 5.73. The molecule has 1 unspecified atom stereocenters. The average Bonchev–Trinajstić information content (AvgIpc) is 2.53. The lowest BCUT2D eigenvalue weighted by molar-refractivity contribution is 0.172. The number of carbonyl (C=O) groups excluding carboxylic acids is 1. The van der Waals surface area contributed by atoms with Gasteiger partial charge in [0.25, 0.3) is 0 Å². The van der Waals surface area contributed by atoms with Crippen LogP contribution in [-0.2, 0) is 0 Å². The molecule has 118 valence electrons. The summed E-state index contributed by atoms with van der Waals surface area (Å²) < 4.78 is 5.11. The Morgan fingerprint density at radius 2 is 1.90 bits per heavy atom. The number of hydrogen-bond donors (Lipinski definition) is 3. The van der Waals surface area contributed by atoms with Gasteiger partial charge in [0.1, 0.15) is 5.75 Å². The first-order chi connectivity index (χ1) is 10.1. The Morgan fingerprint density at radius 3 is 2.52 bits per heavy atom. The second-order valence-electron chi connectivity index (χ2n) is 5.07. The molecule has 5 nitrogen and oxygen atoms in total. The minimum atomic E-state index is -0.751. The number of hydrogen-bond acceptors (Lipinski definition) is 3. The molecule has 0 fully saturated rings. The van der Waals surface area contributed by atoms with Gasteiger partial charge in [-0.15, -0.1) is 0 Å². The van der Waals surface area contributed by atoms with E-state index in [1.807, 2.05) is 12.1 Å². The first kappa shape index (κ1) is 17.3. The van der Waals surface area contributed by atoms with Crippen LogP contribution in [0.1, 0.15) is 38.4 Å². The molecule has 21 heavy (non-hydrogen) atoms. The van der Waals surface area contributed by atoms with Crippen molar-refractivity contribution in [2.75, 3.05) is 20.2 Å². The van der Waals surface area contributed by atoms with Crippen LogP contribution < -0.4 is 15.4 Å². The Morgan fingerprint density at radius 1 is 1.24 bits per heavy atom. The molecule has 1 aromatic carbocycles. The molecule has 0 heterocycles. The number of urea groups is 1. The molecule has 1 atom stereocenters. The quantitative estimate of drug-likeness (QED) is 0.690. The van der Waals surface area contributed by atoms with Gasteiger partial charge in [0, 0.05) is 13.1 Å². The molecule has 0 saturated heterocycles. The molecule has 0 bridgehead atoms. The van der Waals surface area contributed by atoms with Crippen LogP contribution in [0.15, 0.2) is 24.3 Å². The fourth-order valence-electron chi connectivity index (χ4n) is 2.03. The van der Waals surface area contributed by atoms with Crippen molar-refractivity contribution in [2.45, 2.75) is 32.8 Å². The standard InChI is InChI=1S/C16H26N2O3/c1-4-12(5-2)10-17-16(20)18-11-15(19)13-7-6-8-14(9-13)21-3/h6-9,12,15,19H,4-5,10-11H2,1-3H3,(H2,17,18,20). The van der Waals surface area contributed by atoms with E-state index in [0.717, 1.165) is 18.4 Å². The number of ether oxygens (including phenoxy) is 1. The van der Waals surface area contributed by atoms with Crippen LogP contribution in [0, 0.1) is 5.92 Å². The van der Waals surface area contributed by atoms with E-state index in [-0.39, 0.29) is 12.6 Å². The van der Waals surface area contributed by atoms with Gasteiger partial charge in [-0.2, -0.15) is 0 Å². The fourth-order valence-corrected chi connectivity index (χ4v) is 2.03. The lowest BCUT2D eigenvalue weighted by Crippen LogP contribution is -2.39. The number of aliphatic hydroxyl groups excluding tert-OH is 1. The zero-order valence-corrected chi connectivity index (χ0v) is 13.1. The molecule has 1 aromatic rings. The highest BCUT2D eigenvalue weighted by atomic mass is 16.5. The molecule has 0 aliphatic rings. The molecule has 0 aliphatic heterocycles. The average molecular weight is 294 g/mol. The fraction of sp³-hybridized carbons (Fsp3) is 0.562. The summed E-state index contributed by atoms with van der Waals surface area (Å²) in [6, 6.07) is 6.94. The summed E-state index contributed by atoms with van der Waals surface area (Å²) in [4.78, 5) is 11.7. The maximum absolute atomic E-state index is 11.7. The number of nitrogens with one attached hydrogen (secondary N) is 2. The number of carbonyl (C=O) groups is 1. The van der Waals surface area contributed by atoms with Gasteiger partial charge in [-0.25, -0.2) is 4.79 Å². The third-order valence-corrected chi connectivity index (χ3v) is 3.64. The van der Waals surface area contributed by atoms with Gasteiger partial charge in [-0.05, 0) is 23.6 Å². The smallest absolute Gasteiger partial charge is 0.314 e. The highest BCUT2D eigenvalue weighted by Crippen LogP contribution is 2.18. The van der Waals surface area contributed by atoms with Crippen molar-refractivity contribution in [1.29, 1.82) is 0 Å². The van der Waals surface area contributed by atoms with E-state index >= 15 is 0 Å². The SMILES string of the molecule is CCC(CC)CNC(=O)NCC(O)c1cccc(OC)c1. The molecule has 0 aromatic heterocycles. The second-order valence-corrected chi connectivity index (χ2v) is 5.07. The van der Waals surface area contributed by atoms with Crippen LogP contribution in [0.5, 0.6) is 5.75 Å². The first-order valence-corrected chi connectivity index (χ1v) is 7.44. The van der Waals surface area contributed by atoms with E-state index < -0.39 is 6.10 Å². The van der Waals surface area contributed by atoms with Gasteiger partial charge >= 0.3 is 6.03 Å². The Kier molecular flexibility index (Phi) is 7.61. The number of benzene rings is 1. The molecule has 0 aliphatic carbocycles. The zero-order valence-electron chi connectivity index (χ0n) is 13.1. The van der Waals surface area contributed by atoms with Crippen molar-refractivity contribution < 1.29 is 14.6 Å². The summed E-state index contributed by atoms with van der Waals surface area (Å²) in [7, 11) is 1.58. The van der Waals surface area contributed by atoms with E-state index in [0.29, 0.717) is 18.2 Å². The summed E-state index contributed by atoms with van der Waals surface area (Å²) in [6.45, 7) is 5.05. The van der Waals surface area contributed by atoms with Crippen molar-refractivity contribution in [1.82, 2.24) is 10.6 Å². The molecular formula is C16H26N2O3. The van der Waals surface area contributed by atoms with Crippen molar-refractivity contribution in [3.63, 3.8) is 0 Å². The maximum atomic E-state index is 11.7. The summed E-state index contributed by atoms with van der Waals surface area (Å²) in [5.41, 5.74) is 0.717.